The van der Waals surface area contributed by atoms with Crippen molar-refractivity contribution < 1.29 is 18.7 Å². The molecule has 1 amide bonds. The zero-order chi connectivity index (χ0) is 15.4. The quantitative estimate of drug-likeness (QED) is 0.594. The number of hydrogen-bond acceptors (Lipinski definition) is 4. The summed E-state index contributed by atoms with van der Waals surface area (Å²) in [5.74, 6) is -1.61. The maximum Gasteiger partial charge on any atom is 0.239 e. The Bertz CT molecular complexity index is 493. The first-order valence-corrected chi connectivity index (χ1v) is 6.82. The molecule has 0 bridgehead atoms. The van der Waals surface area contributed by atoms with E-state index in [2.05, 4.69) is 16.0 Å². The Morgan fingerprint density at radius 3 is 2.57 bits per heavy atom. The second kappa shape index (κ2) is 6.93. The number of amides is 1. The molecule has 116 valence electrons. The molecule has 1 aliphatic heterocycles. The van der Waals surface area contributed by atoms with Crippen molar-refractivity contribution in [1.29, 1.82) is 0 Å². The zero-order valence-electron chi connectivity index (χ0n) is 11.7. The molecular weight excluding hydrogens is 280 g/mol. The lowest BCUT2D eigenvalue weighted by Gasteiger charge is -2.32. The standard InChI is InChI=1S/C14H19F2N3O2/c1-17-11(6-8-4-9(15)7-10(16)5-8)13(20)12-14(21)19-3-2-18-12/h4-5,7,11-13,17-18,20H,2-3,6H2,1H3,(H,19,21). The molecule has 3 atom stereocenters. The molecule has 4 N–H and O–H groups in total. The fraction of sp³-hybridized carbons (Fsp3) is 0.500. The fourth-order valence-electron chi connectivity index (χ4n) is 2.50. The number of aliphatic hydroxyl groups excluding tert-OH is 1. The molecule has 1 saturated heterocycles. The van der Waals surface area contributed by atoms with E-state index >= 15 is 0 Å². The monoisotopic (exact) mass is 299 g/mol. The van der Waals surface area contributed by atoms with Gasteiger partial charge in [-0.3, -0.25) is 4.79 Å². The minimum atomic E-state index is -1.01. The van der Waals surface area contributed by atoms with Crippen molar-refractivity contribution in [3.8, 4) is 0 Å². The number of nitrogens with one attached hydrogen (secondary N) is 3. The number of hydrogen-bond donors (Lipinski definition) is 4. The van der Waals surface area contributed by atoms with E-state index in [1.54, 1.807) is 7.05 Å². The smallest absolute Gasteiger partial charge is 0.239 e. The third kappa shape index (κ3) is 3.96. The van der Waals surface area contributed by atoms with Crippen molar-refractivity contribution in [3.05, 3.63) is 35.4 Å². The highest BCUT2D eigenvalue weighted by atomic mass is 19.1. The molecule has 7 heteroatoms. The van der Waals surface area contributed by atoms with E-state index < -0.39 is 29.8 Å². The number of carbonyl (C=O) groups is 1. The molecule has 5 nitrogen and oxygen atoms in total. The topological polar surface area (TPSA) is 73.4 Å². The molecule has 1 aliphatic rings. The van der Waals surface area contributed by atoms with Gasteiger partial charge in [0.2, 0.25) is 5.91 Å². The number of carbonyl (C=O) groups excluding carboxylic acids is 1. The molecule has 2 rings (SSSR count). The first-order chi connectivity index (χ1) is 10.0. The predicted octanol–water partition coefficient (Wildman–Crippen LogP) is -0.456. The van der Waals surface area contributed by atoms with Crippen LogP contribution >= 0.6 is 0 Å². The van der Waals surface area contributed by atoms with Gasteiger partial charge in [-0.05, 0) is 31.2 Å². The molecule has 1 aromatic carbocycles. The fourth-order valence-corrected chi connectivity index (χ4v) is 2.50. The number of rotatable bonds is 5. The van der Waals surface area contributed by atoms with Gasteiger partial charge in [-0.2, -0.15) is 0 Å². The first kappa shape index (κ1) is 15.8. The number of halogens is 2. The molecular formula is C14H19F2N3O2. The Morgan fingerprint density at radius 2 is 2.00 bits per heavy atom. The van der Waals surface area contributed by atoms with Crippen LogP contribution in [0.3, 0.4) is 0 Å². The molecule has 0 radical (unpaired) electrons. The van der Waals surface area contributed by atoms with E-state index in [-0.39, 0.29) is 12.3 Å². The van der Waals surface area contributed by atoms with Crippen LogP contribution in [0, 0.1) is 11.6 Å². The van der Waals surface area contributed by atoms with Gasteiger partial charge >= 0.3 is 0 Å². The first-order valence-electron chi connectivity index (χ1n) is 6.82. The third-order valence-corrected chi connectivity index (χ3v) is 3.57. The molecule has 0 spiro atoms. The van der Waals surface area contributed by atoms with Gasteiger partial charge in [0.1, 0.15) is 17.7 Å². The number of piperazine rings is 1. The molecule has 0 saturated carbocycles. The number of likely N-dealkylation sites (N-methyl/N-ethyl adjacent to an activating group) is 1. The summed E-state index contributed by atoms with van der Waals surface area (Å²) in [5.41, 5.74) is 0.419. The lowest BCUT2D eigenvalue weighted by molar-refractivity contribution is -0.127. The van der Waals surface area contributed by atoms with Gasteiger partial charge in [0.15, 0.2) is 0 Å². The van der Waals surface area contributed by atoms with Crippen molar-refractivity contribution in [2.75, 3.05) is 20.1 Å². The van der Waals surface area contributed by atoms with Crippen LogP contribution in [0.25, 0.3) is 0 Å². The zero-order valence-corrected chi connectivity index (χ0v) is 11.7. The maximum absolute atomic E-state index is 13.2. The molecule has 21 heavy (non-hydrogen) atoms. The Kier molecular flexibility index (Phi) is 5.22. The van der Waals surface area contributed by atoms with Crippen molar-refractivity contribution in [3.63, 3.8) is 0 Å². The minimum Gasteiger partial charge on any atom is -0.389 e. The van der Waals surface area contributed by atoms with Crippen LogP contribution < -0.4 is 16.0 Å². The normalized spacial score (nSPS) is 21.7. The van der Waals surface area contributed by atoms with E-state index in [4.69, 9.17) is 0 Å². The van der Waals surface area contributed by atoms with Crippen LogP contribution in [0.15, 0.2) is 18.2 Å². The van der Waals surface area contributed by atoms with Gasteiger partial charge < -0.3 is 21.1 Å². The van der Waals surface area contributed by atoms with Crippen LogP contribution in [0.1, 0.15) is 5.56 Å². The molecule has 1 aromatic rings. The third-order valence-electron chi connectivity index (χ3n) is 3.57. The van der Waals surface area contributed by atoms with E-state index in [0.29, 0.717) is 18.7 Å². The highest BCUT2D eigenvalue weighted by molar-refractivity contribution is 5.83. The average molecular weight is 299 g/mol. The Hall–Kier alpha value is -1.57. The van der Waals surface area contributed by atoms with E-state index in [0.717, 1.165) is 6.07 Å². The molecule has 3 unspecified atom stereocenters. The van der Waals surface area contributed by atoms with Gasteiger partial charge in [-0.1, -0.05) is 0 Å². The second-order valence-electron chi connectivity index (χ2n) is 5.09. The minimum absolute atomic E-state index is 0.206. The van der Waals surface area contributed by atoms with Gasteiger partial charge in [-0.25, -0.2) is 8.78 Å². The van der Waals surface area contributed by atoms with Crippen LogP contribution in [0.2, 0.25) is 0 Å². The summed E-state index contributed by atoms with van der Waals surface area (Å²) in [5, 5.41) is 18.8. The van der Waals surface area contributed by atoms with E-state index in [9.17, 15) is 18.7 Å². The Morgan fingerprint density at radius 1 is 1.33 bits per heavy atom. The van der Waals surface area contributed by atoms with Crippen molar-refractivity contribution >= 4 is 5.91 Å². The molecule has 1 fully saturated rings. The predicted molar refractivity (Wildman–Crippen MR) is 73.7 cm³/mol. The second-order valence-corrected chi connectivity index (χ2v) is 5.09. The number of aliphatic hydroxyl groups is 1. The largest absolute Gasteiger partial charge is 0.389 e. The Balaban J connectivity index is 2.09. The number of benzene rings is 1. The summed E-state index contributed by atoms with van der Waals surface area (Å²) in [7, 11) is 1.63. The van der Waals surface area contributed by atoms with Crippen LogP contribution in [0.5, 0.6) is 0 Å². The van der Waals surface area contributed by atoms with Crippen molar-refractivity contribution in [2.45, 2.75) is 24.6 Å². The van der Waals surface area contributed by atoms with Gasteiger partial charge in [0, 0.05) is 25.2 Å². The summed E-state index contributed by atoms with van der Waals surface area (Å²) in [6, 6.07) is 1.98. The summed E-state index contributed by atoms with van der Waals surface area (Å²) in [4.78, 5) is 11.7. The van der Waals surface area contributed by atoms with Crippen LogP contribution in [-0.2, 0) is 11.2 Å². The summed E-state index contributed by atoms with van der Waals surface area (Å²) in [6.07, 6.45) is -0.806. The van der Waals surface area contributed by atoms with E-state index in [1.807, 2.05) is 0 Å². The maximum atomic E-state index is 13.2. The van der Waals surface area contributed by atoms with E-state index in [1.165, 1.54) is 12.1 Å². The molecule has 0 aromatic heterocycles. The van der Waals surface area contributed by atoms with Gasteiger partial charge in [0.25, 0.3) is 0 Å². The van der Waals surface area contributed by atoms with Crippen LogP contribution in [0.4, 0.5) is 8.78 Å². The summed E-state index contributed by atoms with van der Waals surface area (Å²) in [6.45, 7) is 1.08. The highest BCUT2D eigenvalue weighted by Crippen LogP contribution is 2.13. The van der Waals surface area contributed by atoms with Gasteiger partial charge in [0.05, 0.1) is 6.10 Å². The lowest BCUT2D eigenvalue weighted by atomic mass is 9.95. The Labute approximate surface area is 121 Å². The van der Waals surface area contributed by atoms with Crippen LogP contribution in [-0.4, -0.2) is 49.3 Å². The van der Waals surface area contributed by atoms with Gasteiger partial charge in [-0.15, -0.1) is 0 Å². The summed E-state index contributed by atoms with van der Waals surface area (Å²) < 4.78 is 26.4. The SMILES string of the molecule is CNC(Cc1cc(F)cc(F)c1)C(O)C1NCCNC1=O. The lowest BCUT2D eigenvalue weighted by Crippen LogP contribution is -2.62. The molecule has 1 heterocycles. The van der Waals surface area contributed by atoms with Crippen molar-refractivity contribution in [1.82, 2.24) is 16.0 Å². The highest BCUT2D eigenvalue weighted by Gasteiger charge is 2.33. The average Bonchev–Trinajstić information content (AvgIpc) is 2.43. The molecule has 0 aliphatic carbocycles. The van der Waals surface area contributed by atoms with Crippen molar-refractivity contribution in [2.24, 2.45) is 0 Å². The summed E-state index contributed by atoms with van der Waals surface area (Å²) >= 11 is 0.